The number of thiazole rings is 1. The van der Waals surface area contributed by atoms with Crippen LogP contribution in [-0.2, 0) is 11.2 Å². The molecule has 2 N–H and O–H groups in total. The van der Waals surface area contributed by atoms with Crippen molar-refractivity contribution in [3.8, 4) is 0 Å². The second kappa shape index (κ2) is 9.12. The van der Waals surface area contributed by atoms with E-state index in [1.807, 2.05) is 23.6 Å². The number of hydrogen-bond donors (Lipinski definition) is 2. The maximum atomic E-state index is 12.8. The van der Waals surface area contributed by atoms with Crippen LogP contribution in [0.3, 0.4) is 0 Å². The lowest BCUT2D eigenvalue weighted by molar-refractivity contribution is -0.120. The Labute approximate surface area is 208 Å². The number of fused-ring (bicyclic) bond motifs is 1. The number of nitrogens with one attached hydrogen (secondary N) is 2. The highest BCUT2D eigenvalue weighted by atomic mass is 32.1. The van der Waals surface area contributed by atoms with E-state index in [1.54, 1.807) is 12.1 Å². The summed E-state index contributed by atoms with van der Waals surface area (Å²) in [6, 6.07) is 26.5. The zero-order valence-electron chi connectivity index (χ0n) is 19.1. The van der Waals surface area contributed by atoms with E-state index in [2.05, 4.69) is 64.1 Å². The van der Waals surface area contributed by atoms with Crippen LogP contribution >= 0.6 is 11.3 Å². The lowest BCUT2D eigenvalue weighted by Gasteiger charge is -2.45. The lowest BCUT2D eigenvalue weighted by atomic mass is 9.59. The van der Waals surface area contributed by atoms with E-state index in [0.717, 1.165) is 6.42 Å². The summed E-state index contributed by atoms with van der Waals surface area (Å²) in [5.74, 6) is 0.823. The number of benzene rings is 3. The number of anilines is 1. The van der Waals surface area contributed by atoms with E-state index in [9.17, 15) is 9.59 Å². The van der Waals surface area contributed by atoms with E-state index in [4.69, 9.17) is 0 Å². The van der Waals surface area contributed by atoms with E-state index in [0.29, 0.717) is 40.7 Å². The number of hydrogen-bond acceptors (Lipinski definition) is 4. The molecule has 0 fully saturated rings. The summed E-state index contributed by atoms with van der Waals surface area (Å²) < 4.78 is 0. The van der Waals surface area contributed by atoms with Crippen LogP contribution in [0.5, 0.6) is 0 Å². The number of aromatic nitrogens is 1. The molecule has 35 heavy (non-hydrogen) atoms. The molecule has 6 heteroatoms. The summed E-state index contributed by atoms with van der Waals surface area (Å²) in [7, 11) is 0. The third-order valence-corrected chi connectivity index (χ3v) is 7.94. The Kier molecular flexibility index (Phi) is 5.66. The Hall–Kier alpha value is -3.77. The van der Waals surface area contributed by atoms with Crippen molar-refractivity contribution in [1.29, 1.82) is 0 Å². The van der Waals surface area contributed by atoms with Gasteiger partial charge in [-0.3, -0.25) is 14.9 Å². The molecule has 174 valence electrons. The number of nitrogens with zero attached hydrogens (tertiary/aromatic N) is 1. The molecule has 3 aliphatic rings. The number of rotatable bonds is 6. The SMILES string of the molecule is O=C(Cc1csc(NC(=O)c2ccccc2)n1)NCC1CC2c3ccccc3C1c1ccccc12. The number of carbonyl (C=O) groups excluding carboxylic acids is 2. The standard InChI is InChI=1S/C29H25N3O2S/c33-26(15-20-17-35-29(31-20)32-28(34)18-8-2-1-3-9-18)30-16-19-14-25-21-10-4-6-12-23(21)27(19)24-13-7-5-11-22(24)25/h1-13,17,19,25,27H,14-16H2,(H,30,33)(H,31,32,34). The molecule has 1 heterocycles. The molecule has 2 bridgehead atoms. The maximum Gasteiger partial charge on any atom is 0.257 e. The van der Waals surface area contributed by atoms with E-state index >= 15 is 0 Å². The fraction of sp³-hybridized carbons (Fsp3) is 0.207. The summed E-state index contributed by atoms with van der Waals surface area (Å²) >= 11 is 1.33. The van der Waals surface area contributed by atoms with Gasteiger partial charge in [0.25, 0.3) is 5.91 Å². The largest absolute Gasteiger partial charge is 0.355 e. The molecule has 0 aliphatic heterocycles. The van der Waals surface area contributed by atoms with Crippen LogP contribution in [0.25, 0.3) is 0 Å². The molecule has 0 spiro atoms. The summed E-state index contributed by atoms with van der Waals surface area (Å²) in [6.45, 7) is 0.643. The van der Waals surface area contributed by atoms with E-state index in [1.165, 1.54) is 33.6 Å². The second-order valence-corrected chi connectivity index (χ2v) is 10.1. The van der Waals surface area contributed by atoms with Gasteiger partial charge < -0.3 is 5.32 Å². The smallest absolute Gasteiger partial charge is 0.257 e. The molecule has 3 aromatic carbocycles. The van der Waals surface area contributed by atoms with Gasteiger partial charge in [0.05, 0.1) is 12.1 Å². The zero-order chi connectivity index (χ0) is 23.8. The molecule has 1 unspecified atom stereocenters. The highest BCUT2D eigenvalue weighted by molar-refractivity contribution is 7.14. The predicted octanol–water partition coefficient (Wildman–Crippen LogP) is 5.35. The topological polar surface area (TPSA) is 71.1 Å². The molecule has 0 saturated carbocycles. The number of carbonyl (C=O) groups is 2. The first-order chi connectivity index (χ1) is 17.2. The third-order valence-electron chi connectivity index (χ3n) is 7.13. The zero-order valence-corrected chi connectivity index (χ0v) is 19.9. The average Bonchev–Trinajstić information content (AvgIpc) is 3.34. The maximum absolute atomic E-state index is 12.8. The minimum atomic E-state index is -0.205. The summed E-state index contributed by atoms with van der Waals surface area (Å²) in [5.41, 5.74) is 6.92. The van der Waals surface area contributed by atoms with Gasteiger partial charge >= 0.3 is 0 Å². The van der Waals surface area contributed by atoms with Gasteiger partial charge in [-0.2, -0.15) is 0 Å². The van der Waals surface area contributed by atoms with Gasteiger partial charge in [0.2, 0.25) is 5.91 Å². The molecule has 3 aliphatic carbocycles. The molecular weight excluding hydrogens is 454 g/mol. The first kappa shape index (κ1) is 21.7. The first-order valence-electron chi connectivity index (χ1n) is 11.9. The molecule has 1 atom stereocenters. The minimum absolute atomic E-state index is 0.0424. The third kappa shape index (κ3) is 4.15. The molecule has 4 aromatic rings. The lowest BCUT2D eigenvalue weighted by Crippen LogP contribution is -2.39. The number of amides is 2. The fourth-order valence-corrected chi connectivity index (χ4v) is 6.34. The molecule has 1 aromatic heterocycles. The van der Waals surface area contributed by atoms with Crippen molar-refractivity contribution >= 4 is 28.3 Å². The fourth-order valence-electron chi connectivity index (χ4n) is 5.64. The summed E-state index contributed by atoms with van der Waals surface area (Å²) in [6.07, 6.45) is 1.25. The Morgan fingerprint density at radius 3 is 2.17 bits per heavy atom. The van der Waals surface area contributed by atoms with Crippen LogP contribution < -0.4 is 10.6 Å². The van der Waals surface area contributed by atoms with Crippen LogP contribution in [0.2, 0.25) is 0 Å². The minimum Gasteiger partial charge on any atom is -0.355 e. The first-order valence-corrected chi connectivity index (χ1v) is 12.8. The van der Waals surface area contributed by atoms with Crippen LogP contribution in [0, 0.1) is 5.92 Å². The summed E-state index contributed by atoms with van der Waals surface area (Å²) in [4.78, 5) is 29.5. The van der Waals surface area contributed by atoms with Crippen molar-refractivity contribution in [2.75, 3.05) is 11.9 Å². The van der Waals surface area contributed by atoms with Crippen molar-refractivity contribution < 1.29 is 9.59 Å². The Morgan fingerprint density at radius 1 is 0.857 bits per heavy atom. The quantitative estimate of drug-likeness (QED) is 0.392. The van der Waals surface area contributed by atoms with Crippen molar-refractivity contribution in [2.45, 2.75) is 24.7 Å². The molecular formula is C29H25N3O2S. The molecule has 5 nitrogen and oxygen atoms in total. The monoisotopic (exact) mass is 479 g/mol. The van der Waals surface area contributed by atoms with Gasteiger partial charge in [-0.15, -0.1) is 11.3 Å². The van der Waals surface area contributed by atoms with Crippen molar-refractivity contribution in [3.63, 3.8) is 0 Å². The normalized spacial score (nSPS) is 19.5. The van der Waals surface area contributed by atoms with Crippen LogP contribution in [0.15, 0.2) is 84.2 Å². The molecule has 0 radical (unpaired) electrons. The highest BCUT2D eigenvalue weighted by Gasteiger charge is 2.42. The van der Waals surface area contributed by atoms with Gasteiger partial charge in [0, 0.05) is 29.3 Å². The van der Waals surface area contributed by atoms with Gasteiger partial charge in [-0.1, -0.05) is 66.7 Å². The van der Waals surface area contributed by atoms with E-state index < -0.39 is 0 Å². The molecule has 7 rings (SSSR count). The highest BCUT2D eigenvalue weighted by Crippen LogP contribution is 2.55. The molecule has 2 amide bonds. The van der Waals surface area contributed by atoms with Crippen LogP contribution in [-0.4, -0.2) is 23.3 Å². The summed E-state index contributed by atoms with van der Waals surface area (Å²) in [5, 5.41) is 8.30. The Bertz CT molecular complexity index is 1350. The second-order valence-electron chi connectivity index (χ2n) is 9.23. The van der Waals surface area contributed by atoms with Gasteiger partial charge in [-0.25, -0.2) is 4.98 Å². The van der Waals surface area contributed by atoms with Crippen molar-refractivity contribution in [1.82, 2.24) is 10.3 Å². The van der Waals surface area contributed by atoms with Gasteiger partial charge in [0.15, 0.2) is 5.13 Å². The van der Waals surface area contributed by atoms with Crippen LogP contribution in [0.1, 0.15) is 56.6 Å². The Morgan fingerprint density at radius 2 is 1.49 bits per heavy atom. The van der Waals surface area contributed by atoms with Crippen LogP contribution in [0.4, 0.5) is 5.13 Å². The molecule has 0 saturated heterocycles. The van der Waals surface area contributed by atoms with E-state index in [-0.39, 0.29) is 18.2 Å². The Balaban J connectivity index is 1.10. The average molecular weight is 480 g/mol. The predicted molar refractivity (Wildman–Crippen MR) is 138 cm³/mol. The van der Waals surface area contributed by atoms with Crippen molar-refractivity contribution in [2.24, 2.45) is 5.92 Å². The van der Waals surface area contributed by atoms with Crippen molar-refractivity contribution in [3.05, 3.63) is 118 Å². The van der Waals surface area contributed by atoms with Gasteiger partial charge in [-0.05, 0) is 46.7 Å². The van der Waals surface area contributed by atoms with Gasteiger partial charge in [0.1, 0.15) is 0 Å².